The molecule has 0 radical (unpaired) electrons. The monoisotopic (exact) mass is 214 g/mol. The molecule has 5 nitrogen and oxygen atoms in total. The van der Waals surface area contributed by atoms with Gasteiger partial charge >= 0.3 is 0 Å². The van der Waals surface area contributed by atoms with Gasteiger partial charge in [0.15, 0.2) is 10.9 Å². The first-order valence-electron chi connectivity index (χ1n) is 4.19. The Morgan fingerprint density at radius 3 is 2.64 bits per heavy atom. The third-order valence-corrected chi connectivity index (χ3v) is 4.34. The van der Waals surface area contributed by atoms with Crippen LogP contribution in [0.3, 0.4) is 0 Å². The summed E-state index contributed by atoms with van der Waals surface area (Å²) in [6, 6.07) is 2.75. The van der Waals surface area contributed by atoms with E-state index in [-0.39, 0.29) is 16.1 Å². The normalized spacial score (nSPS) is 20.3. The van der Waals surface area contributed by atoms with Crippen molar-refractivity contribution in [1.82, 2.24) is 0 Å². The van der Waals surface area contributed by atoms with Crippen molar-refractivity contribution in [2.45, 2.75) is 23.2 Å². The first-order valence-corrected chi connectivity index (χ1v) is 5.81. The van der Waals surface area contributed by atoms with Crippen molar-refractivity contribution in [1.29, 1.82) is 4.78 Å². The number of amides is 1. The molecule has 2 rings (SSSR count). The van der Waals surface area contributed by atoms with Crippen molar-refractivity contribution in [2.75, 3.05) is 0 Å². The fraction of sp³-hybridized carbons (Fsp3) is 0.375. The smallest absolute Gasteiger partial charge is 0.284 e. The summed E-state index contributed by atoms with van der Waals surface area (Å²) in [4.78, 5) is 10.7. The van der Waals surface area contributed by atoms with Crippen LogP contribution in [0.2, 0.25) is 0 Å². The molecular formula is C8H10N2O3S. The first-order chi connectivity index (χ1) is 6.51. The average Bonchev–Trinajstić information content (AvgIpc) is 2.82. The Morgan fingerprint density at radius 1 is 1.57 bits per heavy atom. The van der Waals surface area contributed by atoms with E-state index >= 15 is 0 Å². The van der Waals surface area contributed by atoms with Gasteiger partial charge in [0.1, 0.15) is 9.73 Å². The number of hydrogen-bond donors (Lipinski definition) is 2. The van der Waals surface area contributed by atoms with E-state index in [1.54, 1.807) is 0 Å². The highest BCUT2D eigenvalue weighted by Gasteiger charge is 2.35. The van der Waals surface area contributed by atoms with E-state index in [9.17, 15) is 9.00 Å². The van der Waals surface area contributed by atoms with Gasteiger partial charge in [-0.3, -0.25) is 4.79 Å². The summed E-state index contributed by atoms with van der Waals surface area (Å²) in [7, 11) is -2.85. The molecule has 1 saturated carbocycles. The summed E-state index contributed by atoms with van der Waals surface area (Å²) >= 11 is 0. The molecule has 0 unspecified atom stereocenters. The second-order valence-corrected chi connectivity index (χ2v) is 5.55. The van der Waals surface area contributed by atoms with Gasteiger partial charge in [-0.25, -0.2) is 8.99 Å². The van der Waals surface area contributed by atoms with Crippen molar-refractivity contribution in [2.24, 2.45) is 5.73 Å². The molecule has 1 fully saturated rings. The molecule has 1 aliphatic carbocycles. The fourth-order valence-electron chi connectivity index (χ4n) is 1.18. The summed E-state index contributed by atoms with van der Waals surface area (Å²) in [5.74, 6) is -0.747. The van der Waals surface area contributed by atoms with Crippen LogP contribution in [-0.4, -0.2) is 15.4 Å². The molecule has 0 bridgehead atoms. The van der Waals surface area contributed by atoms with Gasteiger partial charge in [0.25, 0.3) is 5.91 Å². The van der Waals surface area contributed by atoms with E-state index < -0.39 is 15.6 Å². The van der Waals surface area contributed by atoms with Crippen LogP contribution >= 0.6 is 0 Å². The van der Waals surface area contributed by atoms with Gasteiger partial charge in [-0.2, -0.15) is 0 Å². The maximum Gasteiger partial charge on any atom is 0.284 e. The van der Waals surface area contributed by atoms with Crippen LogP contribution in [0, 0.1) is 4.78 Å². The molecule has 3 N–H and O–H groups in total. The minimum absolute atomic E-state index is 0.0411. The number of nitrogens with two attached hydrogens (primary N) is 1. The lowest BCUT2D eigenvalue weighted by atomic mass is 10.4. The zero-order valence-corrected chi connectivity index (χ0v) is 8.17. The predicted octanol–water partition coefficient (Wildman–Crippen LogP) is 0.947. The number of carbonyl (C=O) groups is 1. The Labute approximate surface area is 81.2 Å². The van der Waals surface area contributed by atoms with Gasteiger partial charge in [-0.15, -0.1) is 0 Å². The number of primary amides is 1. The van der Waals surface area contributed by atoms with Crippen LogP contribution in [0.1, 0.15) is 23.4 Å². The summed E-state index contributed by atoms with van der Waals surface area (Å²) in [5.41, 5.74) is 4.98. The van der Waals surface area contributed by atoms with Crippen LogP contribution in [0.25, 0.3) is 0 Å². The fourth-order valence-corrected chi connectivity index (χ4v) is 2.79. The average molecular weight is 214 g/mol. The molecule has 76 valence electrons. The van der Waals surface area contributed by atoms with Crippen LogP contribution < -0.4 is 5.73 Å². The lowest BCUT2D eigenvalue weighted by molar-refractivity contribution is 0.0969. The first kappa shape index (κ1) is 9.26. The molecule has 0 aliphatic heterocycles. The van der Waals surface area contributed by atoms with Crippen molar-refractivity contribution in [3.05, 3.63) is 17.9 Å². The number of hydrogen-bond acceptors (Lipinski definition) is 4. The van der Waals surface area contributed by atoms with Crippen molar-refractivity contribution < 1.29 is 13.4 Å². The van der Waals surface area contributed by atoms with E-state index in [0.717, 1.165) is 12.8 Å². The molecule has 6 heteroatoms. The lowest BCUT2D eigenvalue weighted by Gasteiger charge is -1.99. The zero-order valence-electron chi connectivity index (χ0n) is 7.36. The van der Waals surface area contributed by atoms with E-state index in [0.29, 0.717) is 0 Å². The van der Waals surface area contributed by atoms with E-state index in [1.807, 2.05) is 0 Å². The summed E-state index contributed by atoms with van der Waals surface area (Å²) in [6.07, 6.45) is 1.57. The van der Waals surface area contributed by atoms with Gasteiger partial charge in [0.05, 0.1) is 5.25 Å². The highest BCUT2D eigenvalue weighted by Crippen LogP contribution is 2.34. The minimum Gasteiger partial charge on any atom is -0.441 e. The number of carbonyl (C=O) groups excluding carboxylic acids is 1. The number of furan rings is 1. The van der Waals surface area contributed by atoms with Crippen LogP contribution in [-0.2, 0) is 9.73 Å². The van der Waals surface area contributed by atoms with Gasteiger partial charge in [0, 0.05) is 0 Å². The molecule has 0 spiro atoms. The molecule has 0 saturated heterocycles. The van der Waals surface area contributed by atoms with Crippen molar-refractivity contribution in [3.8, 4) is 0 Å². The molecule has 14 heavy (non-hydrogen) atoms. The van der Waals surface area contributed by atoms with Gasteiger partial charge in [0.2, 0.25) is 0 Å². The second-order valence-electron chi connectivity index (χ2n) is 3.28. The van der Waals surface area contributed by atoms with Gasteiger partial charge in [-0.05, 0) is 25.0 Å². The molecule has 0 aromatic carbocycles. The molecule has 1 aromatic rings. The Balaban J connectivity index is 2.37. The molecule has 1 aliphatic rings. The number of nitrogens with one attached hydrogen (secondary N) is 1. The summed E-state index contributed by atoms with van der Waals surface area (Å²) in [6.45, 7) is 0. The maximum absolute atomic E-state index is 11.8. The molecule has 1 amide bonds. The maximum atomic E-state index is 11.8. The summed E-state index contributed by atoms with van der Waals surface area (Å²) in [5, 5.41) is -0.0526. The Kier molecular flexibility index (Phi) is 1.88. The SMILES string of the molecule is N=[S@](=O)(c1ccc(C(N)=O)o1)C1CC1. The zero-order chi connectivity index (χ0) is 10.3. The molecular weight excluding hydrogens is 204 g/mol. The standard InChI is InChI=1S/C8H10N2O3S/c9-8(11)6-3-4-7(13-6)14(10,12)5-1-2-5/h3-5,10H,1-2H2,(H2,9,11)/t14-/m1/s1. The lowest BCUT2D eigenvalue weighted by Crippen LogP contribution is -2.09. The van der Waals surface area contributed by atoms with E-state index in [1.165, 1.54) is 12.1 Å². The molecule has 1 atom stereocenters. The van der Waals surface area contributed by atoms with Gasteiger partial charge < -0.3 is 10.2 Å². The minimum atomic E-state index is -2.85. The van der Waals surface area contributed by atoms with Crippen LogP contribution in [0.15, 0.2) is 21.6 Å². The quantitative estimate of drug-likeness (QED) is 0.783. The largest absolute Gasteiger partial charge is 0.441 e. The third-order valence-electron chi connectivity index (χ3n) is 2.12. The Morgan fingerprint density at radius 2 is 2.21 bits per heavy atom. The predicted molar refractivity (Wildman–Crippen MR) is 49.4 cm³/mol. The summed E-state index contributed by atoms with van der Waals surface area (Å²) < 4.78 is 24.4. The van der Waals surface area contributed by atoms with Gasteiger partial charge in [-0.1, -0.05) is 0 Å². The molecule has 1 heterocycles. The third kappa shape index (κ3) is 1.41. The molecule has 1 aromatic heterocycles. The second kappa shape index (κ2) is 2.84. The van der Waals surface area contributed by atoms with Crippen LogP contribution in [0.5, 0.6) is 0 Å². The highest BCUT2D eigenvalue weighted by atomic mass is 32.2. The Hall–Kier alpha value is -1.30. The van der Waals surface area contributed by atoms with Crippen molar-refractivity contribution >= 4 is 15.6 Å². The van der Waals surface area contributed by atoms with Crippen LogP contribution in [0.4, 0.5) is 0 Å². The van der Waals surface area contributed by atoms with E-state index in [2.05, 4.69) is 0 Å². The Bertz CT molecular complexity index is 471. The topological polar surface area (TPSA) is 97.1 Å². The van der Waals surface area contributed by atoms with E-state index in [4.69, 9.17) is 14.9 Å². The highest BCUT2D eigenvalue weighted by molar-refractivity contribution is 7.93. The number of rotatable bonds is 3. The van der Waals surface area contributed by atoms with Crippen molar-refractivity contribution in [3.63, 3.8) is 0 Å².